The molecule has 0 saturated heterocycles. The van der Waals surface area contributed by atoms with Crippen molar-refractivity contribution < 1.29 is 13.9 Å². The molecule has 0 radical (unpaired) electrons. The van der Waals surface area contributed by atoms with Crippen LogP contribution in [0.3, 0.4) is 0 Å². The van der Waals surface area contributed by atoms with E-state index in [9.17, 15) is 9.18 Å². The molecule has 6 nitrogen and oxygen atoms in total. The molecule has 8 heteroatoms. The van der Waals surface area contributed by atoms with Crippen molar-refractivity contribution in [2.75, 3.05) is 22.5 Å². The van der Waals surface area contributed by atoms with Crippen molar-refractivity contribution in [1.29, 1.82) is 0 Å². The van der Waals surface area contributed by atoms with Crippen LogP contribution in [0.15, 0.2) is 24.3 Å². The lowest BCUT2D eigenvalue weighted by Crippen LogP contribution is -2.32. The molecule has 0 spiro atoms. The van der Waals surface area contributed by atoms with Gasteiger partial charge in [-0.05, 0) is 50.8 Å². The molecule has 1 unspecified atom stereocenters. The molecule has 1 aliphatic carbocycles. The van der Waals surface area contributed by atoms with Crippen molar-refractivity contribution >= 4 is 34.6 Å². The molecule has 2 aliphatic heterocycles. The van der Waals surface area contributed by atoms with E-state index in [0.717, 1.165) is 16.9 Å². The van der Waals surface area contributed by atoms with Gasteiger partial charge < -0.3 is 26.0 Å². The lowest BCUT2D eigenvalue weighted by atomic mass is 9.89. The molecule has 0 aromatic heterocycles. The molecular formula is C25H30ClFN4O2. The molecule has 0 bridgehead atoms. The van der Waals surface area contributed by atoms with Crippen molar-refractivity contribution in [1.82, 2.24) is 5.32 Å². The van der Waals surface area contributed by atoms with E-state index in [1.54, 1.807) is 12.1 Å². The van der Waals surface area contributed by atoms with Crippen LogP contribution in [0.1, 0.15) is 61.9 Å². The highest BCUT2D eigenvalue weighted by Crippen LogP contribution is 2.48. The van der Waals surface area contributed by atoms with Crippen molar-refractivity contribution in [2.45, 2.75) is 64.3 Å². The minimum Gasteiger partial charge on any atom is -0.486 e. The minimum atomic E-state index is -0.484. The molecule has 2 heterocycles. The predicted octanol–water partition coefficient (Wildman–Crippen LogP) is 5.74. The Balaban J connectivity index is 1.39. The number of carbonyl (C=O) groups is 1. The average molecular weight is 473 g/mol. The van der Waals surface area contributed by atoms with Gasteiger partial charge in [0.25, 0.3) is 5.91 Å². The summed E-state index contributed by atoms with van der Waals surface area (Å²) in [4.78, 5) is 13.2. The number of carbonyl (C=O) groups excluding carboxylic acids is 1. The Labute approximate surface area is 198 Å². The molecule has 2 aromatic carbocycles. The minimum absolute atomic E-state index is 0.118. The maximum absolute atomic E-state index is 14.3. The van der Waals surface area contributed by atoms with Crippen LogP contribution in [0.25, 0.3) is 0 Å². The quantitative estimate of drug-likeness (QED) is 0.447. The normalized spacial score (nSPS) is 20.8. The SMILES string of the molecule is CC1(C)Cc2c3c(cc(C(=O)NCC4CCCCC4)c2O1)NC(Nc1c(F)cccc1Cl)N3. The van der Waals surface area contributed by atoms with Gasteiger partial charge in [-0.25, -0.2) is 4.39 Å². The van der Waals surface area contributed by atoms with Crippen LogP contribution in [-0.2, 0) is 6.42 Å². The zero-order valence-electron chi connectivity index (χ0n) is 19.0. The summed E-state index contributed by atoms with van der Waals surface area (Å²) in [5, 5.41) is 13.2. The fourth-order valence-corrected chi connectivity index (χ4v) is 5.32. The maximum Gasteiger partial charge on any atom is 0.255 e. The summed E-state index contributed by atoms with van der Waals surface area (Å²) in [6, 6.07) is 6.39. The summed E-state index contributed by atoms with van der Waals surface area (Å²) in [5.74, 6) is 0.618. The number of ether oxygens (including phenoxy) is 1. The number of benzene rings is 2. The first-order valence-electron chi connectivity index (χ1n) is 11.7. The third-order valence-electron chi connectivity index (χ3n) is 6.72. The van der Waals surface area contributed by atoms with Crippen LogP contribution in [0.5, 0.6) is 5.75 Å². The number of amides is 1. The zero-order valence-corrected chi connectivity index (χ0v) is 19.7. The molecule has 2 aromatic rings. The Bertz CT molecular complexity index is 1060. The average Bonchev–Trinajstić information content (AvgIpc) is 3.34. The van der Waals surface area contributed by atoms with Crippen molar-refractivity contribution in [3.05, 3.63) is 46.2 Å². The molecule has 1 saturated carbocycles. The van der Waals surface area contributed by atoms with Crippen LogP contribution >= 0.6 is 11.6 Å². The molecule has 4 N–H and O–H groups in total. The molecule has 176 valence electrons. The number of fused-ring (bicyclic) bond motifs is 3. The Hall–Kier alpha value is -2.67. The molecular weight excluding hydrogens is 443 g/mol. The summed E-state index contributed by atoms with van der Waals surface area (Å²) < 4.78 is 20.5. The Morgan fingerprint density at radius 3 is 2.79 bits per heavy atom. The van der Waals surface area contributed by atoms with E-state index < -0.39 is 17.7 Å². The Kier molecular flexibility index (Phi) is 5.77. The summed E-state index contributed by atoms with van der Waals surface area (Å²) in [6.45, 7) is 4.72. The van der Waals surface area contributed by atoms with Gasteiger partial charge in [-0.3, -0.25) is 4.79 Å². The fourth-order valence-electron chi connectivity index (χ4n) is 5.10. The molecule has 3 aliphatic rings. The van der Waals surface area contributed by atoms with Crippen molar-refractivity contribution in [3.8, 4) is 5.75 Å². The molecule has 33 heavy (non-hydrogen) atoms. The lowest BCUT2D eigenvalue weighted by Gasteiger charge is -2.22. The number of nitrogens with one attached hydrogen (secondary N) is 4. The summed E-state index contributed by atoms with van der Waals surface area (Å²) in [6.07, 6.45) is 6.29. The number of anilines is 3. The van der Waals surface area contributed by atoms with E-state index in [1.165, 1.54) is 38.2 Å². The van der Waals surface area contributed by atoms with Gasteiger partial charge in [0.15, 0.2) is 6.29 Å². The van der Waals surface area contributed by atoms with Gasteiger partial charge in [0.1, 0.15) is 17.2 Å². The van der Waals surface area contributed by atoms with E-state index in [-0.39, 0.29) is 11.6 Å². The zero-order chi connectivity index (χ0) is 23.2. The predicted molar refractivity (Wildman–Crippen MR) is 130 cm³/mol. The van der Waals surface area contributed by atoms with E-state index in [4.69, 9.17) is 16.3 Å². The number of para-hydroxylation sites is 1. The van der Waals surface area contributed by atoms with Crippen LogP contribution in [0.2, 0.25) is 5.02 Å². The van der Waals surface area contributed by atoms with Gasteiger partial charge in [-0.1, -0.05) is 36.9 Å². The summed E-state index contributed by atoms with van der Waals surface area (Å²) in [5.41, 5.74) is 2.93. The van der Waals surface area contributed by atoms with E-state index in [0.29, 0.717) is 35.2 Å². The summed E-state index contributed by atoms with van der Waals surface area (Å²) in [7, 11) is 0. The first kappa shape index (κ1) is 22.1. The van der Waals surface area contributed by atoms with Gasteiger partial charge in [0, 0.05) is 18.5 Å². The standard InChI is InChI=1S/C25H30ClFN4O2/c1-25(2)12-16-20-19(29-24(30-20)31-21-17(26)9-6-10-18(21)27)11-15(22(16)33-25)23(32)28-13-14-7-4-3-5-8-14/h6,9-11,14,24,29-31H,3-5,7-8,12-13H2,1-2H3,(H,28,32). The Morgan fingerprint density at radius 2 is 2.03 bits per heavy atom. The number of halogens is 2. The smallest absolute Gasteiger partial charge is 0.255 e. The maximum atomic E-state index is 14.3. The van der Waals surface area contributed by atoms with E-state index in [1.807, 2.05) is 19.9 Å². The highest BCUT2D eigenvalue weighted by molar-refractivity contribution is 6.33. The largest absolute Gasteiger partial charge is 0.486 e. The highest BCUT2D eigenvalue weighted by atomic mass is 35.5. The fraction of sp³-hybridized carbons (Fsp3) is 0.480. The molecule has 5 rings (SSSR count). The van der Waals surface area contributed by atoms with Crippen LogP contribution in [0, 0.1) is 11.7 Å². The molecule has 1 atom stereocenters. The van der Waals surface area contributed by atoms with Gasteiger partial charge in [-0.2, -0.15) is 0 Å². The number of hydrogen-bond acceptors (Lipinski definition) is 5. The van der Waals surface area contributed by atoms with Gasteiger partial charge >= 0.3 is 0 Å². The second kappa shape index (κ2) is 8.60. The van der Waals surface area contributed by atoms with Gasteiger partial charge in [0.2, 0.25) is 0 Å². The molecule has 1 fully saturated rings. The van der Waals surface area contributed by atoms with Crippen molar-refractivity contribution in [3.63, 3.8) is 0 Å². The monoisotopic (exact) mass is 472 g/mol. The van der Waals surface area contributed by atoms with E-state index in [2.05, 4.69) is 21.3 Å². The third-order valence-corrected chi connectivity index (χ3v) is 7.03. The van der Waals surface area contributed by atoms with E-state index >= 15 is 0 Å². The molecule has 1 amide bonds. The number of rotatable bonds is 5. The first-order valence-corrected chi connectivity index (χ1v) is 12.1. The topological polar surface area (TPSA) is 74.4 Å². The van der Waals surface area contributed by atoms with Crippen molar-refractivity contribution in [2.24, 2.45) is 5.92 Å². The lowest BCUT2D eigenvalue weighted by molar-refractivity contribution is 0.0930. The van der Waals surface area contributed by atoms with Gasteiger partial charge in [0.05, 0.1) is 27.6 Å². The second-order valence-electron chi connectivity index (χ2n) is 9.87. The summed E-state index contributed by atoms with van der Waals surface area (Å²) >= 11 is 6.18. The number of hydrogen-bond donors (Lipinski definition) is 4. The second-order valence-corrected chi connectivity index (χ2v) is 10.3. The Morgan fingerprint density at radius 1 is 1.24 bits per heavy atom. The van der Waals surface area contributed by atoms with Crippen LogP contribution in [0.4, 0.5) is 21.5 Å². The van der Waals surface area contributed by atoms with Crippen LogP contribution in [-0.4, -0.2) is 24.3 Å². The highest BCUT2D eigenvalue weighted by Gasteiger charge is 2.39. The first-order chi connectivity index (χ1) is 15.8. The van der Waals surface area contributed by atoms with Gasteiger partial charge in [-0.15, -0.1) is 0 Å². The van der Waals surface area contributed by atoms with Crippen LogP contribution < -0.4 is 26.0 Å². The third kappa shape index (κ3) is 4.43.